The quantitative estimate of drug-likeness (QED) is 0.903. The lowest BCUT2D eigenvalue weighted by molar-refractivity contribution is -0.136. The van der Waals surface area contributed by atoms with E-state index in [-0.39, 0.29) is 30.5 Å². The summed E-state index contributed by atoms with van der Waals surface area (Å²) in [5.74, 6) is 0.211. The first-order chi connectivity index (χ1) is 10.2. The number of amides is 1. The number of nitrogens with two attached hydrogens (primary N) is 1. The van der Waals surface area contributed by atoms with Crippen molar-refractivity contribution in [2.75, 3.05) is 20.2 Å². The molecule has 1 saturated heterocycles. The maximum absolute atomic E-state index is 12.5. The van der Waals surface area contributed by atoms with Gasteiger partial charge in [-0.15, -0.1) is 12.4 Å². The maximum atomic E-state index is 12.5. The number of nitrogens with zero attached hydrogens (tertiary/aromatic N) is 1. The summed E-state index contributed by atoms with van der Waals surface area (Å²) in [5.41, 5.74) is 8.33. The van der Waals surface area contributed by atoms with Gasteiger partial charge in [-0.05, 0) is 37.3 Å². The Labute approximate surface area is 139 Å². The van der Waals surface area contributed by atoms with E-state index in [0.717, 1.165) is 25.8 Å². The zero-order valence-corrected chi connectivity index (χ0v) is 14.3. The molecule has 1 amide bonds. The molecule has 4 nitrogen and oxygen atoms in total. The average Bonchev–Trinajstić information content (AvgIpc) is 2.53. The largest absolute Gasteiger partial charge is 0.381 e. The van der Waals surface area contributed by atoms with Crippen LogP contribution in [0.2, 0.25) is 0 Å². The van der Waals surface area contributed by atoms with Gasteiger partial charge < -0.3 is 15.4 Å². The first kappa shape index (κ1) is 18.9. The number of aryl methyl sites for hydroxylation is 2. The van der Waals surface area contributed by atoms with E-state index in [1.165, 1.54) is 11.1 Å². The van der Waals surface area contributed by atoms with Crippen LogP contribution in [-0.4, -0.2) is 43.2 Å². The minimum atomic E-state index is 0. The molecule has 0 saturated carbocycles. The van der Waals surface area contributed by atoms with Crippen LogP contribution in [0.5, 0.6) is 0 Å². The van der Waals surface area contributed by atoms with Crippen LogP contribution >= 0.6 is 12.4 Å². The van der Waals surface area contributed by atoms with Gasteiger partial charge in [-0.1, -0.05) is 24.3 Å². The van der Waals surface area contributed by atoms with E-state index in [9.17, 15) is 4.79 Å². The van der Waals surface area contributed by atoms with Gasteiger partial charge in [0.05, 0.1) is 6.10 Å². The summed E-state index contributed by atoms with van der Waals surface area (Å²) >= 11 is 0. The number of methoxy groups -OCH3 is 1. The second-order valence-corrected chi connectivity index (χ2v) is 5.79. The second-order valence-electron chi connectivity index (χ2n) is 5.79. The smallest absolute Gasteiger partial charge is 0.223 e. The fourth-order valence-electron chi connectivity index (χ4n) is 3.06. The highest BCUT2D eigenvalue weighted by atomic mass is 35.5. The first-order valence-electron chi connectivity index (χ1n) is 7.72. The number of hydrogen-bond donors (Lipinski definition) is 1. The molecule has 2 atom stereocenters. The number of benzene rings is 1. The van der Waals surface area contributed by atoms with Gasteiger partial charge >= 0.3 is 0 Å². The monoisotopic (exact) mass is 326 g/mol. The van der Waals surface area contributed by atoms with Crippen LogP contribution in [-0.2, 0) is 16.0 Å². The number of ether oxygens (including phenoxy) is 1. The summed E-state index contributed by atoms with van der Waals surface area (Å²) in [6.45, 7) is 3.36. The molecule has 5 heteroatoms. The zero-order valence-electron chi connectivity index (χ0n) is 13.5. The molecule has 1 fully saturated rings. The van der Waals surface area contributed by atoms with Crippen LogP contribution in [0.3, 0.4) is 0 Å². The van der Waals surface area contributed by atoms with Gasteiger partial charge in [0.15, 0.2) is 0 Å². The molecule has 1 aromatic carbocycles. The number of rotatable bonds is 5. The summed E-state index contributed by atoms with van der Waals surface area (Å²) in [5, 5.41) is 0. The number of piperidine rings is 1. The Morgan fingerprint density at radius 3 is 2.77 bits per heavy atom. The molecule has 0 spiro atoms. The van der Waals surface area contributed by atoms with Crippen molar-refractivity contribution in [3.05, 3.63) is 35.4 Å². The van der Waals surface area contributed by atoms with E-state index in [1.807, 2.05) is 17.0 Å². The SMILES string of the molecule is COC1CCN(C(=O)CCc2ccccc2C)C(CN)C1.Cl. The van der Waals surface area contributed by atoms with Gasteiger partial charge in [0.1, 0.15) is 0 Å². The summed E-state index contributed by atoms with van der Waals surface area (Å²) in [4.78, 5) is 14.4. The molecule has 2 rings (SSSR count). The predicted molar refractivity (Wildman–Crippen MR) is 91.3 cm³/mol. The maximum Gasteiger partial charge on any atom is 0.223 e. The summed E-state index contributed by atoms with van der Waals surface area (Å²) in [6, 6.07) is 8.36. The number of carbonyl (C=O) groups is 1. The van der Waals surface area contributed by atoms with E-state index >= 15 is 0 Å². The molecule has 1 heterocycles. The molecular weight excluding hydrogens is 300 g/mol. The van der Waals surface area contributed by atoms with Gasteiger partial charge in [0, 0.05) is 32.7 Å². The van der Waals surface area contributed by atoms with E-state index in [2.05, 4.69) is 19.1 Å². The Bertz CT molecular complexity index is 481. The number of likely N-dealkylation sites (tertiary alicyclic amines) is 1. The summed E-state index contributed by atoms with van der Waals surface area (Å²) < 4.78 is 5.40. The fraction of sp³-hybridized carbons (Fsp3) is 0.588. The average molecular weight is 327 g/mol. The number of hydrogen-bond acceptors (Lipinski definition) is 3. The molecule has 0 radical (unpaired) electrons. The Kier molecular flexibility index (Phi) is 7.87. The molecule has 2 N–H and O–H groups in total. The van der Waals surface area contributed by atoms with E-state index < -0.39 is 0 Å². The third kappa shape index (κ3) is 4.70. The highest BCUT2D eigenvalue weighted by molar-refractivity contribution is 5.85. The molecule has 2 unspecified atom stereocenters. The van der Waals surface area contributed by atoms with Crippen molar-refractivity contribution < 1.29 is 9.53 Å². The fourth-order valence-corrected chi connectivity index (χ4v) is 3.06. The van der Waals surface area contributed by atoms with Gasteiger partial charge in [0.2, 0.25) is 5.91 Å². The highest BCUT2D eigenvalue weighted by Crippen LogP contribution is 2.20. The lowest BCUT2D eigenvalue weighted by Crippen LogP contribution is -2.51. The Balaban J connectivity index is 0.00000242. The standard InChI is InChI=1S/C17H26N2O2.ClH/c1-13-5-3-4-6-14(13)7-8-17(20)19-10-9-16(21-2)11-15(19)12-18;/h3-6,15-16H,7-12,18H2,1-2H3;1H. The van der Waals surface area contributed by atoms with Crippen LogP contribution in [0.25, 0.3) is 0 Å². The van der Waals surface area contributed by atoms with Crippen LogP contribution in [0.15, 0.2) is 24.3 Å². The molecule has 0 aliphatic carbocycles. The molecule has 0 aromatic heterocycles. The van der Waals surface area contributed by atoms with E-state index in [4.69, 9.17) is 10.5 Å². The Morgan fingerprint density at radius 2 is 2.14 bits per heavy atom. The van der Waals surface area contributed by atoms with Crippen molar-refractivity contribution in [1.29, 1.82) is 0 Å². The highest BCUT2D eigenvalue weighted by Gasteiger charge is 2.30. The lowest BCUT2D eigenvalue weighted by Gasteiger charge is -2.38. The third-order valence-electron chi connectivity index (χ3n) is 4.46. The third-order valence-corrected chi connectivity index (χ3v) is 4.46. The van der Waals surface area contributed by atoms with E-state index in [1.54, 1.807) is 7.11 Å². The minimum Gasteiger partial charge on any atom is -0.381 e. The molecule has 124 valence electrons. The summed E-state index contributed by atoms with van der Waals surface area (Å²) in [6.07, 6.45) is 3.34. The Hall–Kier alpha value is -1.10. The second kappa shape index (κ2) is 9.13. The Morgan fingerprint density at radius 1 is 1.41 bits per heavy atom. The topological polar surface area (TPSA) is 55.6 Å². The van der Waals surface area contributed by atoms with Gasteiger partial charge in [0.25, 0.3) is 0 Å². The molecule has 0 bridgehead atoms. The van der Waals surface area contributed by atoms with Crippen molar-refractivity contribution >= 4 is 18.3 Å². The summed E-state index contributed by atoms with van der Waals surface area (Å²) in [7, 11) is 1.73. The van der Waals surface area contributed by atoms with Crippen molar-refractivity contribution in [1.82, 2.24) is 4.90 Å². The minimum absolute atomic E-state index is 0. The van der Waals surface area contributed by atoms with Gasteiger partial charge in [-0.3, -0.25) is 4.79 Å². The van der Waals surface area contributed by atoms with Crippen LogP contribution in [0.1, 0.15) is 30.4 Å². The molecule has 1 aliphatic rings. The van der Waals surface area contributed by atoms with Crippen LogP contribution in [0.4, 0.5) is 0 Å². The van der Waals surface area contributed by atoms with Gasteiger partial charge in [-0.25, -0.2) is 0 Å². The molecular formula is C17H27ClN2O2. The van der Waals surface area contributed by atoms with Gasteiger partial charge in [-0.2, -0.15) is 0 Å². The van der Waals surface area contributed by atoms with Crippen LogP contribution < -0.4 is 5.73 Å². The number of carbonyl (C=O) groups excluding carboxylic acids is 1. The molecule has 1 aliphatic heterocycles. The molecule has 22 heavy (non-hydrogen) atoms. The molecule has 1 aromatic rings. The predicted octanol–water partition coefficient (Wildman–Crippen LogP) is 2.31. The van der Waals surface area contributed by atoms with E-state index in [0.29, 0.717) is 13.0 Å². The van der Waals surface area contributed by atoms with Crippen molar-refractivity contribution in [2.24, 2.45) is 5.73 Å². The lowest BCUT2D eigenvalue weighted by atomic mass is 9.97. The first-order valence-corrected chi connectivity index (χ1v) is 7.72. The zero-order chi connectivity index (χ0) is 15.2. The van der Waals surface area contributed by atoms with Crippen LogP contribution in [0, 0.1) is 6.92 Å². The normalized spacial score (nSPS) is 21.3. The van der Waals surface area contributed by atoms with Crippen molar-refractivity contribution in [2.45, 2.75) is 44.8 Å². The van der Waals surface area contributed by atoms with Crippen molar-refractivity contribution in [3.8, 4) is 0 Å². The van der Waals surface area contributed by atoms with Crippen molar-refractivity contribution in [3.63, 3.8) is 0 Å². The number of halogens is 1.